The van der Waals surface area contributed by atoms with Crippen LogP contribution in [0.3, 0.4) is 0 Å². The molecule has 4 atom stereocenters. The van der Waals surface area contributed by atoms with E-state index in [-0.39, 0.29) is 38.6 Å². The number of likely N-dealkylation sites (N-methyl/N-ethyl adjacent to an activating group) is 6. The van der Waals surface area contributed by atoms with Gasteiger partial charge in [-0.2, -0.15) is 0 Å². The second kappa shape index (κ2) is 28.2. The molecule has 0 aliphatic carbocycles. The van der Waals surface area contributed by atoms with Crippen molar-refractivity contribution in [3.05, 3.63) is 0 Å². The maximum atomic E-state index is 13.7. The van der Waals surface area contributed by atoms with Gasteiger partial charge in [-0.25, -0.2) is 0 Å². The standard InChI is InChI=1S/C38H69N11O14/c1-25(50)12-46(16-29(39)54)35(60)20-44(9)33(58)18-42(7)32(57)19-43(8)34(59)22-47(13-26(2)51)37(62)24-49(15-28(4)53)38(63)23-48(14-27(3)52)36(61)21-45(10)31(56)17-41(6)30(55)11-40-5/h25-28,40,50-53H,11-24H2,1-10H3,(H2,39,54). The molecule has 0 saturated heterocycles. The van der Waals surface area contributed by atoms with Crippen LogP contribution in [0.1, 0.15) is 27.7 Å². The van der Waals surface area contributed by atoms with Crippen LogP contribution in [-0.4, -0.2) is 282 Å². The van der Waals surface area contributed by atoms with Gasteiger partial charge in [0.1, 0.15) is 0 Å². The average molecular weight is 904 g/mol. The van der Waals surface area contributed by atoms with Crippen molar-refractivity contribution in [3.8, 4) is 0 Å². The molecule has 63 heavy (non-hydrogen) atoms. The molecule has 0 aliphatic rings. The lowest BCUT2D eigenvalue weighted by Gasteiger charge is -2.32. The first-order valence-electron chi connectivity index (χ1n) is 20.1. The van der Waals surface area contributed by atoms with Crippen molar-refractivity contribution >= 4 is 59.1 Å². The molecule has 0 rings (SSSR count). The van der Waals surface area contributed by atoms with Crippen LogP contribution in [0.4, 0.5) is 0 Å². The van der Waals surface area contributed by atoms with Crippen molar-refractivity contribution in [2.75, 3.05) is 134 Å². The van der Waals surface area contributed by atoms with Gasteiger partial charge in [-0.1, -0.05) is 0 Å². The summed E-state index contributed by atoms with van der Waals surface area (Å²) in [6.07, 6.45) is -4.44. The number of nitrogens with two attached hydrogens (primary N) is 1. The molecular formula is C38H69N11O14. The molecule has 0 aliphatic heterocycles. The molecule has 0 saturated carbocycles. The van der Waals surface area contributed by atoms with Crippen molar-refractivity contribution in [2.45, 2.75) is 52.1 Å². The SMILES string of the molecule is CNCC(=O)N(C)CC(=O)N(C)CC(=O)N(CC(=O)N(CC(=O)N(CC(=O)N(C)CC(=O)N(C)CC(=O)N(C)CC(=O)N(CC(N)=O)CC(C)O)CC(C)O)CC(C)O)CC(C)O. The zero-order chi connectivity index (χ0) is 48.9. The predicted molar refractivity (Wildman–Crippen MR) is 224 cm³/mol. The van der Waals surface area contributed by atoms with E-state index in [0.29, 0.717) is 0 Å². The third-order valence-electron chi connectivity index (χ3n) is 8.99. The molecule has 360 valence electrons. The van der Waals surface area contributed by atoms with Gasteiger partial charge in [0, 0.05) is 61.4 Å². The van der Waals surface area contributed by atoms with Gasteiger partial charge in [0.25, 0.3) is 0 Å². The van der Waals surface area contributed by atoms with E-state index < -0.39 is 136 Å². The van der Waals surface area contributed by atoms with Gasteiger partial charge < -0.3 is 75.6 Å². The van der Waals surface area contributed by atoms with E-state index in [1.54, 1.807) is 7.05 Å². The molecule has 10 amide bonds. The molecule has 0 fully saturated rings. The number of nitrogens with one attached hydrogen (secondary N) is 1. The summed E-state index contributed by atoms with van der Waals surface area (Å²) < 4.78 is 0. The Hall–Kier alpha value is -5.50. The molecule has 0 spiro atoms. The van der Waals surface area contributed by atoms with Crippen LogP contribution >= 0.6 is 0 Å². The summed E-state index contributed by atoms with van der Waals surface area (Å²) in [5, 5.41) is 42.9. The van der Waals surface area contributed by atoms with E-state index in [1.807, 2.05) is 0 Å². The van der Waals surface area contributed by atoms with Gasteiger partial charge in [-0.15, -0.1) is 0 Å². The smallest absolute Gasteiger partial charge is 0.242 e. The van der Waals surface area contributed by atoms with Gasteiger partial charge >= 0.3 is 0 Å². The Morgan fingerprint density at radius 2 is 0.587 bits per heavy atom. The Bertz CT molecular complexity index is 1600. The lowest BCUT2D eigenvalue weighted by atomic mass is 10.2. The summed E-state index contributed by atoms with van der Waals surface area (Å²) >= 11 is 0. The Labute approximate surface area is 368 Å². The number of nitrogens with zero attached hydrogens (tertiary/aromatic N) is 9. The average Bonchev–Trinajstić information content (AvgIpc) is 3.15. The summed E-state index contributed by atoms with van der Waals surface area (Å²) in [6, 6.07) is 0. The van der Waals surface area contributed by atoms with Crippen LogP contribution in [0.2, 0.25) is 0 Å². The number of primary amides is 1. The fourth-order valence-corrected chi connectivity index (χ4v) is 5.60. The van der Waals surface area contributed by atoms with Crippen molar-refractivity contribution in [1.82, 2.24) is 49.4 Å². The summed E-state index contributed by atoms with van der Waals surface area (Å²) in [7, 11) is 8.12. The van der Waals surface area contributed by atoms with E-state index >= 15 is 0 Å². The minimum absolute atomic E-state index is 0.0155. The molecule has 0 bridgehead atoms. The molecule has 0 aromatic rings. The number of hydrogen-bond donors (Lipinski definition) is 6. The van der Waals surface area contributed by atoms with Crippen LogP contribution in [0.5, 0.6) is 0 Å². The third-order valence-corrected chi connectivity index (χ3v) is 8.99. The Kier molecular flexibility index (Phi) is 25.8. The second-order valence-electron chi connectivity index (χ2n) is 15.7. The predicted octanol–water partition coefficient (Wildman–Crippen LogP) is -7.18. The van der Waals surface area contributed by atoms with E-state index in [9.17, 15) is 68.4 Å². The van der Waals surface area contributed by atoms with Crippen LogP contribution in [-0.2, 0) is 47.9 Å². The van der Waals surface area contributed by atoms with Gasteiger partial charge in [0.05, 0.1) is 89.9 Å². The molecule has 25 nitrogen and oxygen atoms in total. The topological polar surface area (TPSA) is 319 Å². The van der Waals surface area contributed by atoms with Crippen LogP contribution in [0, 0.1) is 0 Å². The fraction of sp³-hybridized carbons (Fsp3) is 0.737. The number of carbonyl (C=O) groups is 10. The molecule has 0 radical (unpaired) electrons. The van der Waals surface area contributed by atoms with Gasteiger partial charge in [-0.05, 0) is 34.7 Å². The Balaban J connectivity index is 5.82. The number of amides is 10. The highest BCUT2D eigenvalue weighted by molar-refractivity contribution is 5.94. The zero-order valence-corrected chi connectivity index (χ0v) is 38.2. The van der Waals surface area contributed by atoms with Crippen molar-refractivity contribution in [3.63, 3.8) is 0 Å². The largest absolute Gasteiger partial charge is 0.392 e. The minimum atomic E-state index is -1.17. The first-order chi connectivity index (χ1) is 29.1. The van der Waals surface area contributed by atoms with E-state index in [2.05, 4.69) is 5.32 Å². The summed E-state index contributed by atoms with van der Waals surface area (Å²) in [6.45, 7) is -0.930. The van der Waals surface area contributed by atoms with Crippen LogP contribution in [0.25, 0.3) is 0 Å². The number of aliphatic hydroxyl groups is 4. The van der Waals surface area contributed by atoms with Crippen LogP contribution in [0.15, 0.2) is 0 Å². The number of aliphatic hydroxyl groups excluding tert-OH is 4. The number of hydrogen-bond acceptors (Lipinski definition) is 15. The summed E-state index contributed by atoms with van der Waals surface area (Å²) in [5.74, 6) is -7.05. The summed E-state index contributed by atoms with van der Waals surface area (Å²) in [4.78, 5) is 138. The third kappa shape index (κ3) is 23.0. The Morgan fingerprint density at radius 1 is 0.381 bits per heavy atom. The molecule has 4 unspecified atom stereocenters. The minimum Gasteiger partial charge on any atom is -0.392 e. The highest BCUT2D eigenvalue weighted by Crippen LogP contribution is 2.06. The second-order valence-corrected chi connectivity index (χ2v) is 15.7. The molecule has 7 N–H and O–H groups in total. The molecular weight excluding hydrogens is 834 g/mol. The first kappa shape index (κ1) is 57.5. The number of rotatable bonds is 28. The normalized spacial score (nSPS) is 12.7. The van der Waals surface area contributed by atoms with Crippen LogP contribution < -0.4 is 11.1 Å². The highest BCUT2D eigenvalue weighted by atomic mass is 16.3. The lowest BCUT2D eigenvalue weighted by Crippen LogP contribution is -2.53. The number of carbonyl (C=O) groups excluding carboxylic acids is 10. The zero-order valence-electron chi connectivity index (χ0n) is 38.2. The van der Waals surface area contributed by atoms with E-state index in [4.69, 9.17) is 5.73 Å². The van der Waals surface area contributed by atoms with Gasteiger partial charge in [0.2, 0.25) is 59.1 Å². The van der Waals surface area contributed by atoms with Crippen molar-refractivity contribution < 1.29 is 68.4 Å². The van der Waals surface area contributed by atoms with E-state index in [0.717, 1.165) is 39.2 Å². The van der Waals surface area contributed by atoms with Gasteiger partial charge in [0.15, 0.2) is 0 Å². The fourth-order valence-electron chi connectivity index (χ4n) is 5.60. The monoisotopic (exact) mass is 904 g/mol. The maximum Gasteiger partial charge on any atom is 0.242 e. The van der Waals surface area contributed by atoms with Gasteiger partial charge in [-0.3, -0.25) is 47.9 Å². The highest BCUT2D eigenvalue weighted by Gasteiger charge is 2.30. The van der Waals surface area contributed by atoms with E-state index in [1.165, 1.54) is 67.8 Å². The summed E-state index contributed by atoms with van der Waals surface area (Å²) in [5.41, 5.74) is 5.18. The maximum absolute atomic E-state index is 13.7. The molecule has 0 heterocycles. The molecule has 0 aromatic carbocycles. The molecule has 25 heteroatoms. The lowest BCUT2D eigenvalue weighted by molar-refractivity contribution is -0.149. The Morgan fingerprint density at radius 3 is 0.841 bits per heavy atom. The first-order valence-corrected chi connectivity index (χ1v) is 20.1. The van der Waals surface area contributed by atoms with Crippen molar-refractivity contribution in [2.24, 2.45) is 5.73 Å². The molecule has 0 aromatic heterocycles. The quantitative estimate of drug-likeness (QED) is 0.0425. The van der Waals surface area contributed by atoms with Crippen molar-refractivity contribution in [1.29, 1.82) is 0 Å².